The van der Waals surface area contributed by atoms with Gasteiger partial charge in [0.05, 0.1) is 12.7 Å². The van der Waals surface area contributed by atoms with Gasteiger partial charge < -0.3 is 14.2 Å². The lowest BCUT2D eigenvalue weighted by Gasteiger charge is -2.03. The van der Waals surface area contributed by atoms with Crippen molar-refractivity contribution in [3.63, 3.8) is 0 Å². The third-order valence-electron chi connectivity index (χ3n) is 3.32. The number of hydrogen-bond acceptors (Lipinski definition) is 5. The van der Waals surface area contributed by atoms with E-state index < -0.39 is 5.97 Å². The Balaban J connectivity index is 1.87. The van der Waals surface area contributed by atoms with Crippen molar-refractivity contribution in [1.29, 1.82) is 0 Å². The fourth-order valence-electron chi connectivity index (χ4n) is 2.25. The number of Topliss-reactive ketones (excluding diaryl/α,β-unsaturated/α-hetero) is 1. The number of fused-ring (bicyclic) bond motifs is 1. The minimum absolute atomic E-state index is 0.204. The van der Waals surface area contributed by atoms with Gasteiger partial charge in [-0.25, -0.2) is 0 Å². The lowest BCUT2D eigenvalue weighted by atomic mass is 10.1. The zero-order valence-corrected chi connectivity index (χ0v) is 12.7. The van der Waals surface area contributed by atoms with Gasteiger partial charge in [-0.05, 0) is 35.9 Å². The summed E-state index contributed by atoms with van der Waals surface area (Å²) in [6.45, 7) is 1.31. The monoisotopic (exact) mass is 310 g/mol. The Kier molecular flexibility index (Phi) is 3.85. The van der Waals surface area contributed by atoms with Gasteiger partial charge in [0.15, 0.2) is 5.76 Å². The van der Waals surface area contributed by atoms with Gasteiger partial charge >= 0.3 is 5.97 Å². The van der Waals surface area contributed by atoms with Gasteiger partial charge in [-0.15, -0.1) is 0 Å². The van der Waals surface area contributed by atoms with Crippen molar-refractivity contribution in [2.45, 2.75) is 6.92 Å². The number of allylic oxidation sites excluding steroid dienone is 1. The zero-order valence-electron chi connectivity index (χ0n) is 12.7. The van der Waals surface area contributed by atoms with Crippen molar-refractivity contribution in [2.24, 2.45) is 0 Å². The van der Waals surface area contributed by atoms with E-state index in [-0.39, 0.29) is 11.5 Å². The topological polar surface area (TPSA) is 61.8 Å². The fourth-order valence-corrected chi connectivity index (χ4v) is 2.25. The molecule has 0 radical (unpaired) electrons. The molecule has 3 rings (SSSR count). The molecule has 2 aromatic carbocycles. The van der Waals surface area contributed by atoms with Crippen LogP contribution in [0.5, 0.6) is 17.2 Å². The van der Waals surface area contributed by atoms with Gasteiger partial charge in [-0.2, -0.15) is 0 Å². The van der Waals surface area contributed by atoms with Gasteiger partial charge in [0.2, 0.25) is 5.78 Å². The summed E-state index contributed by atoms with van der Waals surface area (Å²) in [5, 5.41) is 0. The Morgan fingerprint density at radius 2 is 1.78 bits per heavy atom. The van der Waals surface area contributed by atoms with Gasteiger partial charge in [0, 0.05) is 13.0 Å². The molecule has 0 amide bonds. The lowest BCUT2D eigenvalue weighted by molar-refractivity contribution is -0.131. The highest BCUT2D eigenvalue weighted by molar-refractivity contribution is 6.14. The van der Waals surface area contributed by atoms with Crippen LogP contribution >= 0.6 is 0 Å². The average Bonchev–Trinajstić information content (AvgIpc) is 2.83. The first-order valence-corrected chi connectivity index (χ1v) is 6.97. The molecule has 0 bridgehead atoms. The normalized spacial score (nSPS) is 14.3. The van der Waals surface area contributed by atoms with E-state index >= 15 is 0 Å². The van der Waals surface area contributed by atoms with Crippen LogP contribution in [0.25, 0.3) is 6.08 Å². The third-order valence-corrected chi connectivity index (χ3v) is 3.32. The van der Waals surface area contributed by atoms with Gasteiger partial charge in [-0.3, -0.25) is 9.59 Å². The molecule has 0 saturated carbocycles. The molecule has 0 aliphatic carbocycles. The van der Waals surface area contributed by atoms with Crippen LogP contribution in [0.1, 0.15) is 22.8 Å². The summed E-state index contributed by atoms with van der Waals surface area (Å²) in [4.78, 5) is 23.3. The van der Waals surface area contributed by atoms with E-state index in [1.54, 1.807) is 37.5 Å². The molecule has 1 aliphatic heterocycles. The molecular formula is C18H14O5. The van der Waals surface area contributed by atoms with Crippen molar-refractivity contribution >= 4 is 17.8 Å². The van der Waals surface area contributed by atoms with E-state index in [0.717, 1.165) is 11.3 Å². The first-order chi connectivity index (χ1) is 11.1. The number of ketones is 1. The number of methoxy groups -OCH3 is 1. The Bertz CT molecular complexity index is 803. The van der Waals surface area contributed by atoms with E-state index in [1.807, 2.05) is 12.1 Å². The summed E-state index contributed by atoms with van der Waals surface area (Å²) in [6, 6.07) is 12.0. The summed E-state index contributed by atoms with van der Waals surface area (Å²) in [5.74, 6) is 1.06. The standard InChI is InChI=1S/C18H14O5/c1-11(19)22-14-7-8-15-16(10-14)23-17(18(15)20)9-12-3-5-13(21-2)6-4-12/h3-10H,1-2H3/b17-9-. The minimum Gasteiger partial charge on any atom is -0.497 e. The van der Waals surface area contributed by atoms with E-state index in [2.05, 4.69) is 0 Å². The van der Waals surface area contributed by atoms with E-state index in [1.165, 1.54) is 13.0 Å². The van der Waals surface area contributed by atoms with Crippen LogP contribution in [-0.4, -0.2) is 18.9 Å². The second-order valence-electron chi connectivity index (χ2n) is 4.96. The summed E-state index contributed by atoms with van der Waals surface area (Å²) in [5.41, 5.74) is 1.27. The van der Waals surface area contributed by atoms with Crippen molar-refractivity contribution in [3.05, 3.63) is 59.4 Å². The van der Waals surface area contributed by atoms with Gasteiger partial charge in [0.25, 0.3) is 0 Å². The molecule has 2 aromatic rings. The maximum Gasteiger partial charge on any atom is 0.308 e. The fraction of sp³-hybridized carbons (Fsp3) is 0.111. The maximum absolute atomic E-state index is 12.3. The van der Waals surface area contributed by atoms with Crippen LogP contribution in [0.15, 0.2) is 48.2 Å². The molecule has 5 heteroatoms. The zero-order chi connectivity index (χ0) is 16.4. The smallest absolute Gasteiger partial charge is 0.308 e. The largest absolute Gasteiger partial charge is 0.497 e. The van der Waals surface area contributed by atoms with Gasteiger partial charge in [0.1, 0.15) is 17.2 Å². The molecule has 0 N–H and O–H groups in total. The molecule has 23 heavy (non-hydrogen) atoms. The first-order valence-electron chi connectivity index (χ1n) is 6.97. The first kappa shape index (κ1) is 14.8. The van der Waals surface area contributed by atoms with Crippen LogP contribution in [0.3, 0.4) is 0 Å². The Labute approximate surface area is 133 Å². The van der Waals surface area contributed by atoms with Crippen molar-refractivity contribution in [1.82, 2.24) is 0 Å². The van der Waals surface area contributed by atoms with Crippen LogP contribution in [0.4, 0.5) is 0 Å². The predicted octanol–water partition coefficient (Wildman–Crippen LogP) is 3.24. The van der Waals surface area contributed by atoms with Crippen LogP contribution in [0, 0.1) is 0 Å². The second kappa shape index (κ2) is 5.96. The number of esters is 1. The van der Waals surface area contributed by atoms with Gasteiger partial charge in [-0.1, -0.05) is 12.1 Å². The number of carbonyl (C=O) groups is 2. The predicted molar refractivity (Wildman–Crippen MR) is 83.7 cm³/mol. The highest BCUT2D eigenvalue weighted by Gasteiger charge is 2.27. The molecule has 0 atom stereocenters. The third kappa shape index (κ3) is 3.08. The highest BCUT2D eigenvalue weighted by Crippen LogP contribution is 2.35. The van der Waals surface area contributed by atoms with Crippen LogP contribution in [-0.2, 0) is 4.79 Å². The quantitative estimate of drug-likeness (QED) is 0.495. The molecule has 5 nitrogen and oxygen atoms in total. The Morgan fingerprint density at radius 3 is 2.43 bits per heavy atom. The molecule has 0 saturated heterocycles. The molecule has 1 heterocycles. The second-order valence-corrected chi connectivity index (χ2v) is 4.96. The molecule has 1 aliphatic rings. The summed E-state index contributed by atoms with van der Waals surface area (Å²) >= 11 is 0. The number of benzene rings is 2. The van der Waals surface area contributed by atoms with E-state index in [9.17, 15) is 9.59 Å². The minimum atomic E-state index is -0.428. The number of ether oxygens (including phenoxy) is 3. The SMILES string of the molecule is COc1ccc(/C=C2\Oc3cc(OC(C)=O)ccc3C2=O)cc1. The number of rotatable bonds is 3. The van der Waals surface area contributed by atoms with E-state index in [0.29, 0.717) is 17.1 Å². The van der Waals surface area contributed by atoms with E-state index in [4.69, 9.17) is 14.2 Å². The van der Waals surface area contributed by atoms with Crippen LogP contribution in [0.2, 0.25) is 0 Å². The summed E-state index contributed by atoms with van der Waals surface area (Å²) in [6.07, 6.45) is 1.66. The molecule has 0 spiro atoms. The van der Waals surface area contributed by atoms with Crippen molar-refractivity contribution in [3.8, 4) is 17.2 Å². The van der Waals surface area contributed by atoms with Crippen LogP contribution < -0.4 is 14.2 Å². The summed E-state index contributed by atoms with van der Waals surface area (Å²) in [7, 11) is 1.59. The molecule has 116 valence electrons. The average molecular weight is 310 g/mol. The van der Waals surface area contributed by atoms with Crippen molar-refractivity contribution < 1.29 is 23.8 Å². The Hall–Kier alpha value is -3.08. The Morgan fingerprint density at radius 1 is 1.09 bits per heavy atom. The molecule has 0 fully saturated rings. The highest BCUT2D eigenvalue weighted by atomic mass is 16.5. The summed E-state index contributed by atoms with van der Waals surface area (Å²) < 4.78 is 15.7. The molecule has 0 aromatic heterocycles. The molecular weight excluding hydrogens is 296 g/mol. The lowest BCUT2D eigenvalue weighted by Crippen LogP contribution is -2.01. The number of hydrogen-bond donors (Lipinski definition) is 0. The maximum atomic E-state index is 12.3. The number of carbonyl (C=O) groups excluding carboxylic acids is 2. The molecule has 0 unspecified atom stereocenters. The van der Waals surface area contributed by atoms with Crippen molar-refractivity contribution in [2.75, 3.05) is 7.11 Å².